The van der Waals surface area contributed by atoms with E-state index in [1.165, 1.54) is 17.7 Å². The quantitative estimate of drug-likeness (QED) is 0.433. The van der Waals surface area contributed by atoms with Gasteiger partial charge in [-0.25, -0.2) is 9.38 Å². The third-order valence-electron chi connectivity index (χ3n) is 8.60. The van der Waals surface area contributed by atoms with E-state index in [0.717, 1.165) is 105 Å². The van der Waals surface area contributed by atoms with Crippen molar-refractivity contribution in [2.24, 2.45) is 9.98 Å². The number of halogens is 1. The molecule has 6 nitrogen and oxygen atoms in total. The molecule has 1 unspecified atom stereocenters. The van der Waals surface area contributed by atoms with E-state index >= 15 is 0 Å². The maximum Gasteiger partial charge on any atom is 0.133 e. The predicted octanol–water partition coefficient (Wildman–Crippen LogP) is 6.00. The number of piperidine rings is 1. The molecular formula is C33H47FN6. The summed E-state index contributed by atoms with van der Waals surface area (Å²) in [7, 11) is 4.00. The molecule has 216 valence electrons. The molecule has 0 aromatic heterocycles. The highest BCUT2D eigenvalue weighted by Gasteiger charge is 2.29. The molecule has 4 rings (SSSR count). The number of aliphatic imine (C=N–C) groups is 2. The lowest BCUT2D eigenvalue weighted by Gasteiger charge is -2.39. The van der Waals surface area contributed by atoms with Gasteiger partial charge in [0, 0.05) is 80.7 Å². The van der Waals surface area contributed by atoms with Gasteiger partial charge in [-0.3, -0.25) is 4.99 Å². The molecule has 1 N–H and O–H groups in total. The van der Waals surface area contributed by atoms with Crippen LogP contribution in [-0.2, 0) is 6.42 Å². The first-order valence-corrected chi connectivity index (χ1v) is 14.7. The Labute approximate surface area is 240 Å². The second-order valence-electron chi connectivity index (χ2n) is 11.3. The summed E-state index contributed by atoms with van der Waals surface area (Å²) in [5.41, 5.74) is 8.18. The Bertz CT molecular complexity index is 1240. The molecule has 1 atom stereocenters. The van der Waals surface area contributed by atoms with Crippen molar-refractivity contribution in [2.75, 3.05) is 46.8 Å². The monoisotopic (exact) mass is 546 g/mol. The second-order valence-corrected chi connectivity index (χ2v) is 11.3. The van der Waals surface area contributed by atoms with Gasteiger partial charge in [0.1, 0.15) is 11.7 Å². The number of fused-ring (bicyclic) bond motifs is 2. The fourth-order valence-corrected chi connectivity index (χ4v) is 5.79. The van der Waals surface area contributed by atoms with Crippen LogP contribution in [0, 0.1) is 5.82 Å². The fraction of sp³-hybridized carbons (Fsp3) is 0.515. The lowest BCUT2D eigenvalue weighted by atomic mass is 9.93. The molecule has 0 spiro atoms. The minimum Gasteiger partial charge on any atom is -0.387 e. The van der Waals surface area contributed by atoms with Crippen LogP contribution in [0.25, 0.3) is 5.70 Å². The zero-order valence-corrected chi connectivity index (χ0v) is 25.2. The Morgan fingerprint density at radius 3 is 2.50 bits per heavy atom. The second kappa shape index (κ2) is 13.3. The van der Waals surface area contributed by atoms with Crippen molar-refractivity contribution in [1.29, 1.82) is 0 Å². The van der Waals surface area contributed by atoms with Gasteiger partial charge in [0.25, 0.3) is 0 Å². The normalized spacial score (nSPS) is 27.7. The summed E-state index contributed by atoms with van der Waals surface area (Å²) < 4.78 is 14.5. The Balaban J connectivity index is 1.78. The van der Waals surface area contributed by atoms with Gasteiger partial charge in [-0.15, -0.1) is 0 Å². The van der Waals surface area contributed by atoms with Crippen LogP contribution in [0.3, 0.4) is 0 Å². The number of nitrogens with one attached hydrogen (secondary N) is 1. The summed E-state index contributed by atoms with van der Waals surface area (Å²) in [5, 5.41) is 3.51. The van der Waals surface area contributed by atoms with Crippen molar-refractivity contribution in [3.63, 3.8) is 0 Å². The van der Waals surface area contributed by atoms with Crippen LogP contribution >= 0.6 is 0 Å². The average molecular weight is 547 g/mol. The summed E-state index contributed by atoms with van der Waals surface area (Å²) in [6, 6.07) is 5.17. The zero-order chi connectivity index (χ0) is 28.8. The number of likely N-dealkylation sites (N-methyl/N-ethyl adjacent to an activating group) is 1. The first-order valence-electron chi connectivity index (χ1n) is 14.7. The Kier molecular flexibility index (Phi) is 9.88. The number of rotatable bonds is 0. The van der Waals surface area contributed by atoms with Crippen molar-refractivity contribution in [3.8, 4) is 0 Å². The van der Waals surface area contributed by atoms with Gasteiger partial charge in [0.05, 0.1) is 11.8 Å². The highest BCUT2D eigenvalue weighted by molar-refractivity contribution is 6.02. The first kappa shape index (κ1) is 29.6. The number of hydrogen-bond donors (Lipinski definition) is 1. The predicted molar refractivity (Wildman–Crippen MR) is 167 cm³/mol. The molecule has 0 saturated carbocycles. The number of likely N-dealkylation sites (tertiary alicyclic amines) is 1. The summed E-state index contributed by atoms with van der Waals surface area (Å²) in [6.45, 7) is 19.8. The molecule has 7 heteroatoms. The maximum absolute atomic E-state index is 14.5. The number of benzene rings is 1. The van der Waals surface area contributed by atoms with E-state index in [-0.39, 0.29) is 11.9 Å². The lowest BCUT2D eigenvalue weighted by molar-refractivity contribution is 0.283. The lowest BCUT2D eigenvalue weighted by Crippen LogP contribution is -2.43. The van der Waals surface area contributed by atoms with Crippen LogP contribution in [0.1, 0.15) is 64.0 Å². The largest absolute Gasteiger partial charge is 0.387 e. The van der Waals surface area contributed by atoms with Crippen LogP contribution in [-0.4, -0.2) is 79.1 Å². The molecule has 3 aliphatic heterocycles. The zero-order valence-electron chi connectivity index (χ0n) is 25.2. The van der Waals surface area contributed by atoms with Gasteiger partial charge in [0.15, 0.2) is 0 Å². The summed E-state index contributed by atoms with van der Waals surface area (Å²) in [5.74, 6) is 0.808. The van der Waals surface area contributed by atoms with Crippen LogP contribution in [0.15, 0.2) is 70.1 Å². The number of nitrogens with zero attached hydrogens (tertiary/aromatic N) is 5. The molecule has 0 bridgehead atoms. The number of aryl methyl sites for hydroxylation is 1. The minimum atomic E-state index is -0.238. The summed E-state index contributed by atoms with van der Waals surface area (Å²) in [6.07, 6.45) is 8.06. The first-order chi connectivity index (χ1) is 19.2. The van der Waals surface area contributed by atoms with Gasteiger partial charge >= 0.3 is 0 Å². The minimum absolute atomic E-state index is 0.0724. The molecule has 3 heterocycles. The fourth-order valence-electron chi connectivity index (χ4n) is 5.79. The van der Waals surface area contributed by atoms with Crippen LogP contribution in [0.5, 0.6) is 0 Å². The standard InChI is InChI=1S/C33H47FN6/c1-23-12-13-28-14-15-29(34)22-30(28)27(5)40-19-9-8-11-32(40)31(35-6)21-24(2)37-33(39-17-10-18-39)25(3)26(4)38(7)20-16-36-23/h14-15,21-22,32,36H,1,5,8-13,16-20H2,2-4,6-7H3/b24-21+,26-25+,35-31?,37-33+. The molecular weight excluding hydrogens is 499 g/mol. The van der Waals surface area contributed by atoms with E-state index in [9.17, 15) is 4.39 Å². The summed E-state index contributed by atoms with van der Waals surface area (Å²) in [4.78, 5) is 16.9. The van der Waals surface area contributed by atoms with E-state index in [4.69, 9.17) is 9.98 Å². The highest BCUT2D eigenvalue weighted by atomic mass is 19.1. The summed E-state index contributed by atoms with van der Waals surface area (Å²) >= 11 is 0. The van der Waals surface area contributed by atoms with Gasteiger partial charge < -0.3 is 20.0 Å². The highest BCUT2D eigenvalue weighted by Crippen LogP contribution is 2.31. The molecule has 40 heavy (non-hydrogen) atoms. The van der Waals surface area contributed by atoms with Gasteiger partial charge in [-0.1, -0.05) is 19.2 Å². The molecule has 2 fully saturated rings. The molecule has 2 saturated heterocycles. The topological polar surface area (TPSA) is 46.5 Å². The van der Waals surface area contributed by atoms with Gasteiger partial charge in [-0.05, 0) is 83.1 Å². The Morgan fingerprint density at radius 2 is 1.80 bits per heavy atom. The van der Waals surface area contributed by atoms with Crippen molar-refractivity contribution < 1.29 is 4.39 Å². The van der Waals surface area contributed by atoms with Crippen molar-refractivity contribution >= 4 is 17.2 Å². The van der Waals surface area contributed by atoms with Crippen molar-refractivity contribution in [3.05, 3.63) is 77.0 Å². The van der Waals surface area contributed by atoms with E-state index in [1.807, 2.05) is 13.1 Å². The van der Waals surface area contributed by atoms with Crippen LogP contribution < -0.4 is 5.32 Å². The van der Waals surface area contributed by atoms with Crippen molar-refractivity contribution in [2.45, 2.75) is 65.3 Å². The van der Waals surface area contributed by atoms with Gasteiger partial charge in [0.2, 0.25) is 0 Å². The van der Waals surface area contributed by atoms with E-state index < -0.39 is 0 Å². The molecule has 0 radical (unpaired) electrons. The van der Waals surface area contributed by atoms with Crippen molar-refractivity contribution in [1.82, 2.24) is 20.0 Å². The number of allylic oxidation sites excluding steroid dienone is 3. The van der Waals surface area contributed by atoms with E-state index in [0.29, 0.717) is 0 Å². The third-order valence-corrected chi connectivity index (χ3v) is 8.60. The number of hydrogen-bond acceptors (Lipinski definition) is 6. The van der Waals surface area contributed by atoms with Crippen LogP contribution in [0.2, 0.25) is 0 Å². The van der Waals surface area contributed by atoms with Gasteiger partial charge in [-0.2, -0.15) is 0 Å². The smallest absolute Gasteiger partial charge is 0.133 e. The molecule has 1 aromatic rings. The molecule has 3 aliphatic rings. The molecule has 0 amide bonds. The maximum atomic E-state index is 14.5. The molecule has 1 aromatic carbocycles. The Morgan fingerprint density at radius 1 is 1.02 bits per heavy atom. The average Bonchev–Trinajstić information content (AvgIpc) is 2.92. The SMILES string of the molecule is C=C1CCc2ccc(F)cc2C(=C)N2CCCCC2C(=NC)/C=C(C)/N=C(N2CCC2)\C(C)=C(/C)N(C)CCN1. The molecule has 0 aliphatic carbocycles. The van der Waals surface area contributed by atoms with E-state index in [2.05, 4.69) is 67.1 Å². The van der Waals surface area contributed by atoms with E-state index in [1.54, 1.807) is 12.1 Å². The Hall–Kier alpha value is -3.35. The third kappa shape index (κ3) is 6.86. The van der Waals surface area contributed by atoms with Crippen LogP contribution in [0.4, 0.5) is 4.39 Å². The number of amidine groups is 1.